The summed E-state index contributed by atoms with van der Waals surface area (Å²) in [7, 11) is 0. The predicted octanol–water partition coefficient (Wildman–Crippen LogP) is 1.48. The van der Waals surface area contributed by atoms with Gasteiger partial charge in [-0.2, -0.15) is 0 Å². The standard InChI is InChI=1S/C17H22N2O5/c1-11-10-24-15-8-12(16(20)18-22)5-6-13(15)9-19(11)17(21)14-4-2-3-7-23-14/h5-6,8,11,14,22H,2-4,7,9-10H2,1H3,(H,18,20)/t11?,14-/m1/s1. The predicted molar refractivity (Wildman–Crippen MR) is 84.8 cm³/mol. The molecular formula is C17H22N2O5. The van der Waals surface area contributed by atoms with Crippen LogP contribution in [-0.4, -0.2) is 47.3 Å². The minimum atomic E-state index is -0.595. The highest BCUT2D eigenvalue weighted by Crippen LogP contribution is 2.28. The van der Waals surface area contributed by atoms with Gasteiger partial charge in [0.1, 0.15) is 18.5 Å². The lowest BCUT2D eigenvalue weighted by Gasteiger charge is -2.31. The Bertz CT molecular complexity index is 627. The maximum atomic E-state index is 12.8. The molecule has 0 bridgehead atoms. The molecule has 1 saturated heterocycles. The van der Waals surface area contributed by atoms with E-state index < -0.39 is 5.91 Å². The number of nitrogens with one attached hydrogen (secondary N) is 1. The lowest BCUT2D eigenvalue weighted by Crippen LogP contribution is -2.46. The number of benzene rings is 1. The summed E-state index contributed by atoms with van der Waals surface area (Å²) in [6.45, 7) is 3.32. The number of amides is 2. The highest BCUT2D eigenvalue weighted by molar-refractivity contribution is 5.93. The fourth-order valence-corrected chi connectivity index (χ4v) is 3.08. The zero-order valence-corrected chi connectivity index (χ0v) is 13.7. The zero-order chi connectivity index (χ0) is 17.1. The number of carbonyl (C=O) groups excluding carboxylic acids is 2. The summed E-state index contributed by atoms with van der Waals surface area (Å²) in [5.41, 5.74) is 2.74. The molecule has 2 heterocycles. The van der Waals surface area contributed by atoms with Crippen molar-refractivity contribution in [3.8, 4) is 5.75 Å². The van der Waals surface area contributed by atoms with Crippen LogP contribution in [0.3, 0.4) is 0 Å². The van der Waals surface area contributed by atoms with Crippen molar-refractivity contribution in [1.29, 1.82) is 0 Å². The van der Waals surface area contributed by atoms with Crippen molar-refractivity contribution in [2.75, 3.05) is 13.2 Å². The maximum absolute atomic E-state index is 12.8. The molecule has 0 radical (unpaired) electrons. The molecule has 130 valence electrons. The van der Waals surface area contributed by atoms with Crippen molar-refractivity contribution >= 4 is 11.8 Å². The first-order valence-electron chi connectivity index (χ1n) is 8.22. The van der Waals surface area contributed by atoms with Gasteiger partial charge in [0.25, 0.3) is 11.8 Å². The summed E-state index contributed by atoms with van der Waals surface area (Å²) < 4.78 is 11.4. The van der Waals surface area contributed by atoms with Crippen LogP contribution in [0.2, 0.25) is 0 Å². The van der Waals surface area contributed by atoms with Crippen molar-refractivity contribution in [1.82, 2.24) is 10.4 Å². The number of carbonyl (C=O) groups is 2. The second-order valence-corrected chi connectivity index (χ2v) is 6.24. The van der Waals surface area contributed by atoms with Gasteiger partial charge in [-0.3, -0.25) is 14.8 Å². The van der Waals surface area contributed by atoms with Gasteiger partial charge in [0.2, 0.25) is 0 Å². The monoisotopic (exact) mass is 334 g/mol. The largest absolute Gasteiger partial charge is 0.491 e. The Kier molecular flexibility index (Phi) is 5.01. The number of ether oxygens (including phenoxy) is 2. The molecule has 0 saturated carbocycles. The fraction of sp³-hybridized carbons (Fsp3) is 0.529. The highest BCUT2D eigenvalue weighted by Gasteiger charge is 2.32. The summed E-state index contributed by atoms with van der Waals surface area (Å²) in [6.07, 6.45) is 2.39. The first-order chi connectivity index (χ1) is 11.6. The lowest BCUT2D eigenvalue weighted by molar-refractivity contribution is -0.149. The summed E-state index contributed by atoms with van der Waals surface area (Å²) in [4.78, 5) is 26.1. The summed E-state index contributed by atoms with van der Waals surface area (Å²) in [5.74, 6) is -0.0409. The molecule has 3 rings (SSSR count). The van der Waals surface area contributed by atoms with Gasteiger partial charge < -0.3 is 14.4 Å². The SMILES string of the molecule is CC1COc2cc(C(=O)NO)ccc2CN1C(=O)[C@H]1CCCCO1. The molecule has 2 N–H and O–H groups in total. The molecule has 2 amide bonds. The molecule has 1 unspecified atom stereocenters. The number of fused-ring (bicyclic) bond motifs is 1. The zero-order valence-electron chi connectivity index (χ0n) is 13.7. The van der Waals surface area contributed by atoms with Crippen LogP contribution in [0.1, 0.15) is 42.1 Å². The molecule has 24 heavy (non-hydrogen) atoms. The minimum absolute atomic E-state index is 0.00386. The van der Waals surface area contributed by atoms with E-state index in [0.29, 0.717) is 31.1 Å². The third kappa shape index (κ3) is 3.37. The van der Waals surface area contributed by atoms with E-state index in [9.17, 15) is 9.59 Å². The topological polar surface area (TPSA) is 88.1 Å². The second-order valence-electron chi connectivity index (χ2n) is 6.24. The second kappa shape index (κ2) is 7.19. The molecule has 7 heteroatoms. The van der Waals surface area contributed by atoms with Crippen LogP contribution in [0.15, 0.2) is 18.2 Å². The van der Waals surface area contributed by atoms with Crippen molar-refractivity contribution in [2.24, 2.45) is 0 Å². The van der Waals surface area contributed by atoms with Gasteiger partial charge in [-0.05, 0) is 38.3 Å². The van der Waals surface area contributed by atoms with Gasteiger partial charge in [0, 0.05) is 24.3 Å². The van der Waals surface area contributed by atoms with Crippen LogP contribution in [0.4, 0.5) is 0 Å². The molecule has 0 aromatic heterocycles. The first-order valence-corrected chi connectivity index (χ1v) is 8.22. The Labute approximate surface area is 140 Å². The molecular weight excluding hydrogens is 312 g/mol. The molecule has 1 aromatic rings. The molecule has 2 aliphatic heterocycles. The Balaban J connectivity index is 1.81. The Hall–Kier alpha value is -2.12. The van der Waals surface area contributed by atoms with E-state index in [4.69, 9.17) is 14.7 Å². The van der Waals surface area contributed by atoms with Gasteiger partial charge in [0.15, 0.2) is 0 Å². The van der Waals surface area contributed by atoms with E-state index >= 15 is 0 Å². The lowest BCUT2D eigenvalue weighted by atomic mass is 10.1. The molecule has 2 aliphatic rings. The number of hydroxylamine groups is 1. The average Bonchev–Trinajstić information content (AvgIpc) is 2.80. The van der Waals surface area contributed by atoms with E-state index in [2.05, 4.69) is 0 Å². The highest BCUT2D eigenvalue weighted by atomic mass is 16.5. The fourth-order valence-electron chi connectivity index (χ4n) is 3.08. The van der Waals surface area contributed by atoms with Crippen molar-refractivity contribution in [2.45, 2.75) is 44.9 Å². The molecule has 0 spiro atoms. The van der Waals surface area contributed by atoms with Crippen molar-refractivity contribution in [3.63, 3.8) is 0 Å². The average molecular weight is 334 g/mol. The normalized spacial score (nSPS) is 23.7. The van der Waals surface area contributed by atoms with Gasteiger partial charge in [-0.1, -0.05) is 6.07 Å². The van der Waals surface area contributed by atoms with Crippen LogP contribution < -0.4 is 10.2 Å². The Morgan fingerprint density at radius 2 is 2.17 bits per heavy atom. The molecule has 0 aliphatic carbocycles. The quantitative estimate of drug-likeness (QED) is 0.632. The number of hydrogen-bond acceptors (Lipinski definition) is 5. The van der Waals surface area contributed by atoms with Gasteiger partial charge in [-0.25, -0.2) is 5.48 Å². The first kappa shape index (κ1) is 16.7. The van der Waals surface area contributed by atoms with E-state index in [1.54, 1.807) is 28.6 Å². The van der Waals surface area contributed by atoms with Gasteiger partial charge in [-0.15, -0.1) is 0 Å². The minimum Gasteiger partial charge on any atom is -0.491 e. The number of hydrogen-bond donors (Lipinski definition) is 2. The summed E-state index contributed by atoms with van der Waals surface area (Å²) in [5, 5.41) is 8.74. The summed E-state index contributed by atoms with van der Waals surface area (Å²) in [6, 6.07) is 4.84. The van der Waals surface area contributed by atoms with Crippen LogP contribution in [0.5, 0.6) is 5.75 Å². The van der Waals surface area contributed by atoms with E-state index in [0.717, 1.165) is 24.8 Å². The third-order valence-electron chi connectivity index (χ3n) is 4.52. The van der Waals surface area contributed by atoms with E-state index in [1.165, 1.54) is 0 Å². The molecule has 1 fully saturated rings. The Morgan fingerprint density at radius 1 is 1.33 bits per heavy atom. The van der Waals surface area contributed by atoms with Crippen LogP contribution >= 0.6 is 0 Å². The van der Waals surface area contributed by atoms with Crippen molar-refractivity contribution in [3.05, 3.63) is 29.3 Å². The van der Waals surface area contributed by atoms with Gasteiger partial charge in [0.05, 0.1) is 6.04 Å². The number of rotatable bonds is 2. The smallest absolute Gasteiger partial charge is 0.274 e. The van der Waals surface area contributed by atoms with E-state index in [-0.39, 0.29) is 18.1 Å². The van der Waals surface area contributed by atoms with Crippen LogP contribution in [-0.2, 0) is 16.1 Å². The van der Waals surface area contributed by atoms with Crippen molar-refractivity contribution < 1.29 is 24.3 Å². The van der Waals surface area contributed by atoms with Gasteiger partial charge >= 0.3 is 0 Å². The summed E-state index contributed by atoms with van der Waals surface area (Å²) >= 11 is 0. The number of nitrogens with zero attached hydrogens (tertiary/aromatic N) is 1. The Morgan fingerprint density at radius 3 is 2.88 bits per heavy atom. The molecule has 7 nitrogen and oxygen atoms in total. The van der Waals surface area contributed by atoms with Crippen LogP contribution in [0, 0.1) is 0 Å². The van der Waals surface area contributed by atoms with Crippen LogP contribution in [0.25, 0.3) is 0 Å². The molecule has 2 atom stereocenters. The third-order valence-corrected chi connectivity index (χ3v) is 4.52. The molecule has 1 aromatic carbocycles. The van der Waals surface area contributed by atoms with E-state index in [1.807, 2.05) is 6.92 Å². The maximum Gasteiger partial charge on any atom is 0.274 e.